The summed E-state index contributed by atoms with van der Waals surface area (Å²) in [5.74, 6) is 0. The summed E-state index contributed by atoms with van der Waals surface area (Å²) in [5.41, 5.74) is 2.30. The molecule has 0 bridgehead atoms. The van der Waals surface area contributed by atoms with E-state index in [9.17, 15) is 5.11 Å². The average molecular weight is 361 g/mol. The van der Waals surface area contributed by atoms with Gasteiger partial charge in [-0.15, -0.1) is 0 Å². The number of hydrogen-bond acceptors (Lipinski definition) is 5. The summed E-state index contributed by atoms with van der Waals surface area (Å²) in [6.45, 7) is 4.35. The molecule has 0 unspecified atom stereocenters. The molecule has 0 spiro atoms. The minimum atomic E-state index is 0.121. The molecule has 0 amide bonds. The Morgan fingerprint density at radius 3 is 2.62 bits per heavy atom. The number of aliphatic hydroxyl groups is 1. The van der Waals surface area contributed by atoms with Gasteiger partial charge in [0.15, 0.2) is 0 Å². The minimum Gasteiger partial charge on any atom is -0.395 e. The molecule has 0 aliphatic heterocycles. The number of benzene rings is 1. The first-order valence-electron chi connectivity index (χ1n) is 7.05. The van der Waals surface area contributed by atoms with Gasteiger partial charge < -0.3 is 24.8 Å². The fourth-order valence-corrected chi connectivity index (χ4v) is 2.48. The van der Waals surface area contributed by atoms with Crippen LogP contribution in [0.3, 0.4) is 0 Å². The Kier molecular flexibility index (Phi) is 9.62. The third kappa shape index (κ3) is 6.76. The number of ether oxygens (including phenoxy) is 2. The van der Waals surface area contributed by atoms with E-state index in [4.69, 9.17) is 9.47 Å². The quantitative estimate of drug-likeness (QED) is 0.587. The summed E-state index contributed by atoms with van der Waals surface area (Å²) in [6, 6.07) is 6.19. The highest BCUT2D eigenvalue weighted by Gasteiger charge is 2.11. The third-order valence-electron chi connectivity index (χ3n) is 3.12. The van der Waals surface area contributed by atoms with Crippen LogP contribution in [0.1, 0.15) is 5.56 Å². The Bertz CT molecular complexity index is 405. The van der Waals surface area contributed by atoms with Gasteiger partial charge in [-0.3, -0.25) is 0 Å². The third-order valence-corrected chi connectivity index (χ3v) is 3.61. The van der Waals surface area contributed by atoms with Crippen molar-refractivity contribution in [1.82, 2.24) is 5.32 Å². The van der Waals surface area contributed by atoms with Gasteiger partial charge in [-0.1, -0.05) is 15.9 Å². The van der Waals surface area contributed by atoms with Crippen LogP contribution in [0, 0.1) is 0 Å². The summed E-state index contributed by atoms with van der Waals surface area (Å²) in [6.07, 6.45) is 0. The van der Waals surface area contributed by atoms with E-state index in [2.05, 4.69) is 38.3 Å². The number of rotatable bonds is 11. The van der Waals surface area contributed by atoms with Gasteiger partial charge >= 0.3 is 0 Å². The lowest BCUT2D eigenvalue weighted by Gasteiger charge is -2.26. The van der Waals surface area contributed by atoms with E-state index in [0.29, 0.717) is 19.8 Å². The van der Waals surface area contributed by atoms with Crippen molar-refractivity contribution >= 4 is 21.6 Å². The Morgan fingerprint density at radius 1 is 1.19 bits per heavy atom. The molecule has 0 saturated heterocycles. The number of anilines is 1. The molecule has 0 aromatic heterocycles. The van der Waals surface area contributed by atoms with E-state index in [1.807, 2.05) is 6.07 Å². The van der Waals surface area contributed by atoms with Crippen molar-refractivity contribution in [2.45, 2.75) is 6.54 Å². The fourth-order valence-electron chi connectivity index (χ4n) is 2.08. The van der Waals surface area contributed by atoms with Crippen molar-refractivity contribution in [3.63, 3.8) is 0 Å². The molecule has 1 aromatic rings. The predicted molar refractivity (Wildman–Crippen MR) is 88.9 cm³/mol. The Balaban J connectivity index is 2.80. The fraction of sp³-hybridized carbons (Fsp3) is 0.600. The van der Waals surface area contributed by atoms with Crippen LogP contribution in [0.2, 0.25) is 0 Å². The maximum Gasteiger partial charge on any atom is 0.0637 e. The molecule has 2 N–H and O–H groups in total. The second-order valence-corrected chi connectivity index (χ2v) is 5.56. The molecule has 0 heterocycles. The highest BCUT2D eigenvalue weighted by atomic mass is 79.9. The molecule has 1 rings (SSSR count). The summed E-state index contributed by atoms with van der Waals surface area (Å²) in [5, 5.41) is 12.6. The lowest BCUT2D eigenvalue weighted by molar-refractivity contribution is 0.199. The van der Waals surface area contributed by atoms with Gasteiger partial charge in [0, 0.05) is 50.6 Å². The van der Waals surface area contributed by atoms with Gasteiger partial charge in [0.05, 0.1) is 19.8 Å². The topological polar surface area (TPSA) is 54.0 Å². The number of halogens is 1. The van der Waals surface area contributed by atoms with Gasteiger partial charge in [-0.2, -0.15) is 0 Å². The van der Waals surface area contributed by atoms with E-state index in [-0.39, 0.29) is 6.61 Å². The normalized spacial score (nSPS) is 10.9. The molecule has 5 nitrogen and oxygen atoms in total. The highest BCUT2D eigenvalue weighted by molar-refractivity contribution is 9.10. The van der Waals surface area contributed by atoms with Gasteiger partial charge in [-0.05, 0) is 23.8 Å². The predicted octanol–water partition coefficient (Wildman–Crippen LogP) is 1.63. The first-order valence-corrected chi connectivity index (χ1v) is 7.85. The SMILES string of the molecule is COCCNCc1cc(Br)ccc1N(CCO)CCOC. The van der Waals surface area contributed by atoms with Crippen LogP contribution in [-0.4, -0.2) is 58.8 Å². The second-order valence-electron chi connectivity index (χ2n) is 4.65. The standard InChI is InChI=1S/C15H25BrN2O3/c1-20-9-5-17-12-13-11-14(16)3-4-15(13)18(6-8-19)7-10-21-2/h3-4,11,17,19H,5-10,12H2,1-2H3. The maximum absolute atomic E-state index is 9.26. The zero-order valence-corrected chi connectivity index (χ0v) is 14.4. The minimum absolute atomic E-state index is 0.121. The van der Waals surface area contributed by atoms with Crippen molar-refractivity contribution < 1.29 is 14.6 Å². The molecule has 0 aliphatic carbocycles. The van der Waals surface area contributed by atoms with E-state index in [1.165, 1.54) is 5.56 Å². The highest BCUT2D eigenvalue weighted by Crippen LogP contribution is 2.24. The number of hydrogen-bond donors (Lipinski definition) is 2. The first kappa shape index (κ1) is 18.4. The lowest BCUT2D eigenvalue weighted by atomic mass is 10.1. The average Bonchev–Trinajstić information content (AvgIpc) is 2.48. The van der Waals surface area contributed by atoms with Crippen LogP contribution in [0.15, 0.2) is 22.7 Å². The smallest absolute Gasteiger partial charge is 0.0637 e. The van der Waals surface area contributed by atoms with Crippen LogP contribution in [0.25, 0.3) is 0 Å². The maximum atomic E-state index is 9.26. The van der Waals surface area contributed by atoms with Crippen molar-refractivity contribution in [1.29, 1.82) is 0 Å². The number of aliphatic hydroxyl groups excluding tert-OH is 1. The second kappa shape index (κ2) is 11.0. The van der Waals surface area contributed by atoms with Gasteiger partial charge in [0.1, 0.15) is 0 Å². The van der Waals surface area contributed by atoms with Crippen LogP contribution < -0.4 is 10.2 Å². The molecule has 6 heteroatoms. The largest absolute Gasteiger partial charge is 0.395 e. The molecule has 0 aliphatic rings. The number of methoxy groups -OCH3 is 2. The van der Waals surface area contributed by atoms with E-state index < -0.39 is 0 Å². The molecule has 1 aromatic carbocycles. The lowest BCUT2D eigenvalue weighted by Crippen LogP contribution is -2.31. The monoisotopic (exact) mass is 360 g/mol. The van der Waals surface area contributed by atoms with Crippen molar-refractivity contribution in [3.05, 3.63) is 28.2 Å². The van der Waals surface area contributed by atoms with Gasteiger partial charge in [-0.25, -0.2) is 0 Å². The van der Waals surface area contributed by atoms with E-state index >= 15 is 0 Å². The number of nitrogens with one attached hydrogen (secondary N) is 1. The van der Waals surface area contributed by atoms with Crippen molar-refractivity contribution in [3.8, 4) is 0 Å². The molecule has 120 valence electrons. The molecule has 0 radical (unpaired) electrons. The zero-order valence-electron chi connectivity index (χ0n) is 12.8. The molecular formula is C15H25BrN2O3. The first-order chi connectivity index (χ1) is 10.2. The molecule has 0 atom stereocenters. The van der Waals surface area contributed by atoms with Crippen molar-refractivity contribution in [2.75, 3.05) is 58.6 Å². The Morgan fingerprint density at radius 2 is 1.95 bits per heavy atom. The van der Waals surface area contributed by atoms with Crippen LogP contribution in [-0.2, 0) is 16.0 Å². The van der Waals surface area contributed by atoms with E-state index in [0.717, 1.165) is 29.8 Å². The van der Waals surface area contributed by atoms with Crippen LogP contribution in [0.4, 0.5) is 5.69 Å². The molecular weight excluding hydrogens is 336 g/mol. The molecule has 0 fully saturated rings. The number of nitrogens with zero attached hydrogens (tertiary/aromatic N) is 1. The van der Waals surface area contributed by atoms with Crippen LogP contribution in [0.5, 0.6) is 0 Å². The van der Waals surface area contributed by atoms with Gasteiger partial charge in [0.25, 0.3) is 0 Å². The Hall–Kier alpha value is -0.660. The molecule has 21 heavy (non-hydrogen) atoms. The summed E-state index contributed by atoms with van der Waals surface area (Å²) in [4.78, 5) is 2.14. The summed E-state index contributed by atoms with van der Waals surface area (Å²) in [7, 11) is 3.38. The summed E-state index contributed by atoms with van der Waals surface area (Å²) >= 11 is 3.51. The van der Waals surface area contributed by atoms with Crippen molar-refractivity contribution in [2.24, 2.45) is 0 Å². The van der Waals surface area contributed by atoms with Gasteiger partial charge in [0.2, 0.25) is 0 Å². The summed E-state index contributed by atoms with van der Waals surface area (Å²) < 4.78 is 11.2. The van der Waals surface area contributed by atoms with E-state index in [1.54, 1.807) is 14.2 Å². The Labute approximate surface area is 135 Å². The molecule has 0 saturated carbocycles. The van der Waals surface area contributed by atoms with Crippen LogP contribution >= 0.6 is 15.9 Å². The zero-order chi connectivity index (χ0) is 15.5.